The Balaban J connectivity index is 1.98. The Morgan fingerprint density at radius 1 is 1.16 bits per heavy atom. The number of ether oxygens (including phenoxy) is 1. The predicted octanol–water partition coefficient (Wildman–Crippen LogP) is 3.02. The van der Waals surface area contributed by atoms with Crippen molar-refractivity contribution in [1.29, 1.82) is 0 Å². The molecule has 0 aliphatic heterocycles. The molecule has 0 saturated heterocycles. The fourth-order valence-electron chi connectivity index (χ4n) is 2.57. The van der Waals surface area contributed by atoms with Gasteiger partial charge in [-0.2, -0.15) is 0 Å². The molecular weight excluding hydrogens is 319 g/mol. The normalized spacial score (nSPS) is 11.4. The van der Waals surface area contributed by atoms with Crippen LogP contribution in [-0.2, 0) is 13.1 Å². The lowest BCUT2D eigenvalue weighted by atomic mass is 10.1. The minimum atomic E-state index is -0.200. The van der Waals surface area contributed by atoms with Gasteiger partial charge in [0.1, 0.15) is 11.6 Å². The van der Waals surface area contributed by atoms with E-state index in [1.807, 2.05) is 19.9 Å². The number of rotatable bonds is 5. The SMILES string of the molecule is CN=C(NCc1ccc(C)c(F)c1)NCc1ncc(C)c(OC)c1C. The predicted molar refractivity (Wildman–Crippen MR) is 98.4 cm³/mol. The number of nitrogens with one attached hydrogen (secondary N) is 2. The second kappa shape index (κ2) is 8.46. The van der Waals surface area contributed by atoms with E-state index in [0.29, 0.717) is 24.6 Å². The number of halogens is 1. The van der Waals surface area contributed by atoms with E-state index in [4.69, 9.17) is 4.74 Å². The number of aromatic nitrogens is 1. The van der Waals surface area contributed by atoms with E-state index in [2.05, 4.69) is 20.6 Å². The van der Waals surface area contributed by atoms with E-state index in [9.17, 15) is 4.39 Å². The molecule has 0 unspecified atom stereocenters. The molecule has 0 atom stereocenters. The van der Waals surface area contributed by atoms with Crippen molar-refractivity contribution in [2.45, 2.75) is 33.9 Å². The molecule has 0 saturated carbocycles. The monoisotopic (exact) mass is 344 g/mol. The summed E-state index contributed by atoms with van der Waals surface area (Å²) < 4.78 is 19.0. The number of aryl methyl sites for hydroxylation is 2. The minimum Gasteiger partial charge on any atom is -0.496 e. The topological polar surface area (TPSA) is 58.5 Å². The lowest BCUT2D eigenvalue weighted by Crippen LogP contribution is -2.36. The Bertz CT molecular complexity index is 774. The average Bonchev–Trinajstić information content (AvgIpc) is 2.60. The molecule has 0 aliphatic carbocycles. The first kappa shape index (κ1) is 18.7. The Hall–Kier alpha value is -2.63. The summed E-state index contributed by atoms with van der Waals surface area (Å²) in [7, 11) is 3.36. The summed E-state index contributed by atoms with van der Waals surface area (Å²) in [5, 5.41) is 6.40. The lowest BCUT2D eigenvalue weighted by Gasteiger charge is -2.15. The highest BCUT2D eigenvalue weighted by atomic mass is 19.1. The van der Waals surface area contributed by atoms with Crippen LogP contribution < -0.4 is 15.4 Å². The summed E-state index contributed by atoms with van der Waals surface area (Å²) in [6.07, 6.45) is 1.80. The van der Waals surface area contributed by atoms with E-state index in [0.717, 1.165) is 28.1 Å². The van der Waals surface area contributed by atoms with Gasteiger partial charge < -0.3 is 15.4 Å². The molecule has 2 aromatic rings. The van der Waals surface area contributed by atoms with Crippen molar-refractivity contribution in [3.05, 3.63) is 58.2 Å². The molecule has 0 bridgehead atoms. The Kier molecular flexibility index (Phi) is 6.33. The van der Waals surface area contributed by atoms with E-state index in [-0.39, 0.29) is 5.82 Å². The van der Waals surface area contributed by atoms with Crippen LogP contribution in [0.5, 0.6) is 5.75 Å². The van der Waals surface area contributed by atoms with Crippen LogP contribution in [0.2, 0.25) is 0 Å². The Morgan fingerprint density at radius 2 is 1.88 bits per heavy atom. The second-order valence-electron chi connectivity index (χ2n) is 5.91. The molecule has 1 aromatic heterocycles. The van der Waals surface area contributed by atoms with Gasteiger partial charge in [0, 0.05) is 30.9 Å². The number of pyridine rings is 1. The zero-order valence-electron chi connectivity index (χ0n) is 15.4. The first-order valence-electron chi connectivity index (χ1n) is 8.14. The van der Waals surface area contributed by atoms with Crippen molar-refractivity contribution >= 4 is 5.96 Å². The fraction of sp³-hybridized carbons (Fsp3) is 0.368. The van der Waals surface area contributed by atoms with Gasteiger partial charge in [-0.05, 0) is 38.0 Å². The maximum Gasteiger partial charge on any atom is 0.191 e. The lowest BCUT2D eigenvalue weighted by molar-refractivity contribution is 0.406. The van der Waals surface area contributed by atoms with Crippen molar-refractivity contribution in [2.75, 3.05) is 14.2 Å². The van der Waals surface area contributed by atoms with Crippen LogP contribution >= 0.6 is 0 Å². The summed E-state index contributed by atoms with van der Waals surface area (Å²) in [6, 6.07) is 5.20. The first-order valence-corrected chi connectivity index (χ1v) is 8.14. The maximum absolute atomic E-state index is 13.6. The smallest absolute Gasteiger partial charge is 0.191 e. The molecule has 5 nitrogen and oxygen atoms in total. The number of hydrogen-bond donors (Lipinski definition) is 2. The molecule has 6 heteroatoms. The van der Waals surface area contributed by atoms with Crippen molar-refractivity contribution in [3.63, 3.8) is 0 Å². The molecule has 0 radical (unpaired) electrons. The van der Waals surface area contributed by atoms with Crippen LogP contribution in [-0.4, -0.2) is 25.1 Å². The van der Waals surface area contributed by atoms with Crippen LogP contribution in [0, 0.1) is 26.6 Å². The van der Waals surface area contributed by atoms with Crippen LogP contribution in [0.25, 0.3) is 0 Å². The van der Waals surface area contributed by atoms with Crippen molar-refractivity contribution in [3.8, 4) is 5.75 Å². The molecule has 0 fully saturated rings. The number of guanidine groups is 1. The van der Waals surface area contributed by atoms with E-state index in [1.165, 1.54) is 6.07 Å². The third-order valence-electron chi connectivity index (χ3n) is 4.09. The molecule has 0 amide bonds. The highest BCUT2D eigenvalue weighted by Crippen LogP contribution is 2.23. The van der Waals surface area contributed by atoms with Crippen LogP contribution in [0.3, 0.4) is 0 Å². The summed E-state index contributed by atoms with van der Waals surface area (Å²) in [5.74, 6) is 1.28. The molecule has 2 N–H and O–H groups in total. The van der Waals surface area contributed by atoms with E-state index >= 15 is 0 Å². The van der Waals surface area contributed by atoms with Gasteiger partial charge in [-0.15, -0.1) is 0 Å². The molecule has 0 aliphatic rings. The number of hydrogen-bond acceptors (Lipinski definition) is 3. The van der Waals surface area contributed by atoms with Gasteiger partial charge >= 0.3 is 0 Å². The molecule has 25 heavy (non-hydrogen) atoms. The largest absolute Gasteiger partial charge is 0.496 e. The molecule has 2 rings (SSSR count). The van der Waals surface area contributed by atoms with Crippen LogP contribution in [0.1, 0.15) is 27.9 Å². The van der Waals surface area contributed by atoms with Gasteiger partial charge in [-0.1, -0.05) is 12.1 Å². The Labute approximate surface area is 148 Å². The second-order valence-corrected chi connectivity index (χ2v) is 5.91. The maximum atomic E-state index is 13.6. The number of nitrogens with zero attached hydrogens (tertiary/aromatic N) is 2. The van der Waals surface area contributed by atoms with Gasteiger partial charge in [0.2, 0.25) is 0 Å². The number of methoxy groups -OCH3 is 1. The summed E-state index contributed by atoms with van der Waals surface area (Å²) in [5.41, 5.74) is 4.41. The zero-order chi connectivity index (χ0) is 18.4. The van der Waals surface area contributed by atoms with Gasteiger partial charge in [0.05, 0.1) is 19.3 Å². The molecule has 134 valence electrons. The molecule has 0 spiro atoms. The van der Waals surface area contributed by atoms with Crippen LogP contribution in [0.4, 0.5) is 4.39 Å². The van der Waals surface area contributed by atoms with E-state index in [1.54, 1.807) is 33.3 Å². The molecule has 1 heterocycles. The third-order valence-corrected chi connectivity index (χ3v) is 4.09. The van der Waals surface area contributed by atoms with Gasteiger partial charge in [0.15, 0.2) is 5.96 Å². The zero-order valence-corrected chi connectivity index (χ0v) is 15.4. The van der Waals surface area contributed by atoms with Crippen molar-refractivity contribution < 1.29 is 9.13 Å². The third kappa shape index (κ3) is 4.68. The number of benzene rings is 1. The standard InChI is InChI=1S/C19H25FN4O/c1-12-6-7-15(8-16(12)20)10-23-19(21-4)24-11-17-14(3)18(25-5)13(2)9-22-17/h6-9H,10-11H2,1-5H3,(H2,21,23,24). The number of aliphatic imine (C=N–C) groups is 1. The van der Waals surface area contributed by atoms with E-state index < -0.39 is 0 Å². The quantitative estimate of drug-likeness (QED) is 0.647. The average molecular weight is 344 g/mol. The van der Waals surface area contributed by atoms with Crippen LogP contribution in [0.15, 0.2) is 29.4 Å². The molecular formula is C19H25FN4O. The highest BCUT2D eigenvalue weighted by Gasteiger charge is 2.10. The van der Waals surface area contributed by atoms with Gasteiger partial charge in [0.25, 0.3) is 0 Å². The van der Waals surface area contributed by atoms with Gasteiger partial charge in [-0.25, -0.2) is 4.39 Å². The summed E-state index contributed by atoms with van der Waals surface area (Å²) >= 11 is 0. The van der Waals surface area contributed by atoms with Crippen molar-refractivity contribution in [1.82, 2.24) is 15.6 Å². The molecule has 1 aromatic carbocycles. The summed E-state index contributed by atoms with van der Waals surface area (Å²) in [6.45, 7) is 6.71. The van der Waals surface area contributed by atoms with Gasteiger partial charge in [-0.3, -0.25) is 9.98 Å². The fourth-order valence-corrected chi connectivity index (χ4v) is 2.57. The van der Waals surface area contributed by atoms with Crippen molar-refractivity contribution in [2.24, 2.45) is 4.99 Å². The minimum absolute atomic E-state index is 0.200. The Morgan fingerprint density at radius 3 is 2.52 bits per heavy atom. The first-order chi connectivity index (χ1) is 12.0. The summed E-state index contributed by atoms with van der Waals surface area (Å²) in [4.78, 5) is 8.65. The highest BCUT2D eigenvalue weighted by molar-refractivity contribution is 5.79.